The van der Waals surface area contributed by atoms with Crippen molar-refractivity contribution in [3.8, 4) is 17.4 Å². The van der Waals surface area contributed by atoms with Crippen molar-refractivity contribution in [1.29, 1.82) is 0 Å². The average Bonchev–Trinajstić information content (AvgIpc) is 2.43. The van der Waals surface area contributed by atoms with Gasteiger partial charge in [0.1, 0.15) is 11.5 Å². The molecule has 0 aliphatic rings. The molecule has 0 N–H and O–H groups in total. The number of ether oxygens (including phenoxy) is 2. The molecule has 2 rings (SSSR count). The van der Waals surface area contributed by atoms with Crippen molar-refractivity contribution >= 4 is 27.5 Å². The quantitative estimate of drug-likeness (QED) is 0.763. The Morgan fingerprint density at radius 2 is 2.16 bits per heavy atom. The maximum Gasteiger partial charge on any atom is 0.256 e. The predicted octanol–water partition coefficient (Wildman–Crippen LogP) is 4.52. The molecule has 1 heterocycles. The van der Waals surface area contributed by atoms with Gasteiger partial charge < -0.3 is 9.47 Å². The summed E-state index contributed by atoms with van der Waals surface area (Å²) < 4.78 is 25.1. The minimum Gasteiger partial charge on any atom is -0.497 e. The van der Waals surface area contributed by atoms with Crippen molar-refractivity contribution in [3.05, 3.63) is 46.3 Å². The molecule has 3 nitrogen and oxygen atoms in total. The molecule has 1 aromatic carbocycles. The van der Waals surface area contributed by atoms with Crippen LogP contribution in [0, 0.1) is 5.82 Å². The van der Waals surface area contributed by atoms with Gasteiger partial charge in [-0.05, 0) is 40.2 Å². The molecule has 0 saturated heterocycles. The van der Waals surface area contributed by atoms with Gasteiger partial charge in [0.15, 0.2) is 5.82 Å². The first-order valence-corrected chi connectivity index (χ1v) is 6.69. The van der Waals surface area contributed by atoms with Gasteiger partial charge in [-0.25, -0.2) is 9.37 Å². The van der Waals surface area contributed by atoms with Gasteiger partial charge in [0.25, 0.3) is 5.88 Å². The van der Waals surface area contributed by atoms with Gasteiger partial charge in [0.05, 0.1) is 17.5 Å². The molecule has 100 valence electrons. The Labute approximate surface area is 123 Å². The highest BCUT2D eigenvalue weighted by Gasteiger charge is 2.12. The normalized spacial score (nSPS) is 10.3. The number of hydrogen-bond acceptors (Lipinski definition) is 3. The zero-order valence-corrected chi connectivity index (χ0v) is 12.3. The molecule has 1 aromatic heterocycles. The summed E-state index contributed by atoms with van der Waals surface area (Å²) in [5.74, 6) is 0.513. The summed E-state index contributed by atoms with van der Waals surface area (Å²) in [6.07, 6.45) is 1.45. The van der Waals surface area contributed by atoms with Crippen LogP contribution in [0.2, 0.25) is 0 Å². The fourth-order valence-corrected chi connectivity index (χ4v) is 2.08. The highest BCUT2D eigenvalue weighted by atomic mass is 79.9. The second-order valence-corrected chi connectivity index (χ2v) is 4.74. The number of hydrogen-bond donors (Lipinski definition) is 0. The molecule has 0 amide bonds. The number of nitrogens with zero attached hydrogens (tertiary/aromatic N) is 1. The van der Waals surface area contributed by atoms with E-state index >= 15 is 0 Å². The van der Waals surface area contributed by atoms with Crippen molar-refractivity contribution < 1.29 is 13.9 Å². The lowest BCUT2D eigenvalue weighted by Crippen LogP contribution is -1.96. The summed E-state index contributed by atoms with van der Waals surface area (Å²) in [4.78, 5) is 3.86. The molecule has 0 aliphatic carbocycles. The fraction of sp³-hybridized carbons (Fsp3) is 0.154. The van der Waals surface area contributed by atoms with Gasteiger partial charge in [-0.3, -0.25) is 0 Å². The van der Waals surface area contributed by atoms with E-state index in [2.05, 4.69) is 20.9 Å². The lowest BCUT2D eigenvalue weighted by molar-refractivity contribution is 0.405. The number of rotatable bonds is 4. The van der Waals surface area contributed by atoms with E-state index in [0.717, 1.165) is 0 Å². The monoisotopic (exact) mass is 345 g/mol. The van der Waals surface area contributed by atoms with Crippen LogP contribution in [-0.2, 0) is 5.88 Å². The third-order valence-electron chi connectivity index (χ3n) is 2.43. The van der Waals surface area contributed by atoms with Gasteiger partial charge >= 0.3 is 0 Å². The highest BCUT2D eigenvalue weighted by Crippen LogP contribution is 2.33. The lowest BCUT2D eigenvalue weighted by Gasteiger charge is -2.10. The molecule has 19 heavy (non-hydrogen) atoms. The second kappa shape index (κ2) is 6.21. The first-order valence-electron chi connectivity index (χ1n) is 5.36. The summed E-state index contributed by atoms with van der Waals surface area (Å²) in [6, 6.07) is 6.61. The Balaban J connectivity index is 2.31. The minimum absolute atomic E-state index is 0.0640. The standard InChI is InChI=1S/C13H10BrClFNO2/c1-18-9-2-3-11(10(14)6-9)19-13-12(16)8(7-15)4-5-17-13/h2-6H,7H2,1H3. The number of methoxy groups -OCH3 is 1. The molecule has 0 spiro atoms. The molecule has 2 aromatic rings. The van der Waals surface area contributed by atoms with E-state index in [-0.39, 0.29) is 11.8 Å². The summed E-state index contributed by atoms with van der Waals surface area (Å²) >= 11 is 8.95. The Hall–Kier alpha value is -1.33. The van der Waals surface area contributed by atoms with Crippen molar-refractivity contribution in [2.45, 2.75) is 5.88 Å². The first-order chi connectivity index (χ1) is 9.15. The average molecular weight is 347 g/mol. The van der Waals surface area contributed by atoms with Crippen LogP contribution in [0.4, 0.5) is 4.39 Å². The van der Waals surface area contributed by atoms with Crippen molar-refractivity contribution in [2.24, 2.45) is 0 Å². The Kier molecular flexibility index (Phi) is 4.61. The van der Waals surface area contributed by atoms with Crippen LogP contribution in [-0.4, -0.2) is 12.1 Å². The molecule has 0 atom stereocenters. The maximum absolute atomic E-state index is 13.9. The maximum atomic E-state index is 13.9. The van der Waals surface area contributed by atoms with Crippen LogP contribution in [0.15, 0.2) is 34.9 Å². The van der Waals surface area contributed by atoms with E-state index in [9.17, 15) is 4.39 Å². The summed E-state index contributed by atoms with van der Waals surface area (Å²) in [7, 11) is 1.56. The van der Waals surface area contributed by atoms with Crippen LogP contribution in [0.5, 0.6) is 17.4 Å². The van der Waals surface area contributed by atoms with Crippen LogP contribution in [0.3, 0.4) is 0 Å². The summed E-state index contributed by atoms with van der Waals surface area (Å²) in [6.45, 7) is 0. The molecule has 0 radical (unpaired) electrons. The van der Waals surface area contributed by atoms with Crippen LogP contribution >= 0.6 is 27.5 Å². The SMILES string of the molecule is COc1ccc(Oc2nccc(CCl)c2F)c(Br)c1. The van der Waals surface area contributed by atoms with Crippen LogP contribution in [0.25, 0.3) is 0 Å². The largest absolute Gasteiger partial charge is 0.497 e. The smallest absolute Gasteiger partial charge is 0.256 e. The Bertz CT molecular complexity index is 595. The van der Waals surface area contributed by atoms with Crippen molar-refractivity contribution in [3.63, 3.8) is 0 Å². The third-order valence-corrected chi connectivity index (χ3v) is 3.33. The number of alkyl halides is 1. The topological polar surface area (TPSA) is 31.4 Å². The van der Waals surface area contributed by atoms with Gasteiger partial charge in [-0.2, -0.15) is 0 Å². The molecular formula is C13H10BrClFNO2. The van der Waals surface area contributed by atoms with Crippen molar-refractivity contribution in [1.82, 2.24) is 4.98 Å². The van der Waals surface area contributed by atoms with E-state index < -0.39 is 5.82 Å². The number of aromatic nitrogens is 1. The predicted molar refractivity (Wildman–Crippen MR) is 74.5 cm³/mol. The van der Waals surface area contributed by atoms with Gasteiger partial charge in [0, 0.05) is 11.8 Å². The van der Waals surface area contributed by atoms with Crippen LogP contribution in [0.1, 0.15) is 5.56 Å². The number of benzene rings is 1. The molecule has 0 unspecified atom stereocenters. The van der Waals surface area contributed by atoms with Gasteiger partial charge in [-0.15, -0.1) is 11.6 Å². The molecule has 0 aliphatic heterocycles. The minimum atomic E-state index is -0.555. The van der Waals surface area contributed by atoms with E-state index in [1.165, 1.54) is 12.3 Å². The molecule has 0 fully saturated rings. The summed E-state index contributed by atoms with van der Waals surface area (Å²) in [5, 5.41) is 0. The Morgan fingerprint density at radius 3 is 2.79 bits per heavy atom. The number of pyridine rings is 1. The van der Waals surface area contributed by atoms with Crippen LogP contribution < -0.4 is 9.47 Å². The van der Waals surface area contributed by atoms with Gasteiger partial charge in [-0.1, -0.05) is 0 Å². The van der Waals surface area contributed by atoms with Crippen molar-refractivity contribution in [2.75, 3.05) is 7.11 Å². The first kappa shape index (κ1) is 14.1. The molecule has 0 saturated carbocycles. The van der Waals surface area contributed by atoms with Gasteiger partial charge in [0.2, 0.25) is 0 Å². The van der Waals surface area contributed by atoms with E-state index in [1.807, 2.05) is 0 Å². The van der Waals surface area contributed by atoms with E-state index in [0.29, 0.717) is 21.5 Å². The molecule has 6 heteroatoms. The lowest BCUT2D eigenvalue weighted by atomic mass is 10.3. The van der Waals surface area contributed by atoms with E-state index in [1.54, 1.807) is 25.3 Å². The highest BCUT2D eigenvalue weighted by molar-refractivity contribution is 9.10. The second-order valence-electron chi connectivity index (χ2n) is 3.62. The Morgan fingerprint density at radius 1 is 1.37 bits per heavy atom. The fourth-order valence-electron chi connectivity index (χ4n) is 1.43. The zero-order chi connectivity index (χ0) is 13.8. The number of halogens is 3. The molecule has 0 bridgehead atoms. The van der Waals surface area contributed by atoms with E-state index in [4.69, 9.17) is 21.1 Å². The summed E-state index contributed by atoms with van der Waals surface area (Å²) in [5.41, 5.74) is 0.344. The zero-order valence-electron chi connectivity index (χ0n) is 9.99. The molecular weight excluding hydrogens is 337 g/mol. The third kappa shape index (κ3) is 3.16.